The van der Waals surface area contributed by atoms with Gasteiger partial charge in [-0.2, -0.15) is 0 Å². The summed E-state index contributed by atoms with van der Waals surface area (Å²) in [5.74, 6) is -0.434. The van der Waals surface area contributed by atoms with Gasteiger partial charge >= 0.3 is 0 Å². The van der Waals surface area contributed by atoms with Crippen molar-refractivity contribution in [3.8, 4) is 0 Å². The molecule has 0 saturated heterocycles. The summed E-state index contributed by atoms with van der Waals surface area (Å²) in [6.45, 7) is 3.57. The van der Waals surface area contributed by atoms with Crippen molar-refractivity contribution in [3.05, 3.63) is 47.3 Å². The minimum Gasteiger partial charge on any atom is -0.393 e. The van der Waals surface area contributed by atoms with Crippen molar-refractivity contribution in [2.24, 2.45) is 0 Å². The Kier molecular flexibility index (Phi) is 4.79. The number of aliphatic hydroxyl groups excluding tert-OH is 1. The van der Waals surface area contributed by atoms with E-state index in [0.29, 0.717) is 18.4 Å². The van der Waals surface area contributed by atoms with E-state index in [2.05, 4.69) is 6.58 Å². The summed E-state index contributed by atoms with van der Waals surface area (Å²) >= 11 is 5.63. The van der Waals surface area contributed by atoms with Crippen LogP contribution in [0.4, 0.5) is 4.39 Å². The maximum absolute atomic E-state index is 13.4. The van der Waals surface area contributed by atoms with Gasteiger partial charge in [0.1, 0.15) is 5.82 Å². The lowest BCUT2D eigenvalue weighted by molar-refractivity contribution is 0.165. The predicted molar refractivity (Wildman–Crippen MR) is 60.6 cm³/mol. The number of aliphatic hydroxyl groups is 1. The van der Waals surface area contributed by atoms with Crippen molar-refractivity contribution >= 4 is 11.6 Å². The van der Waals surface area contributed by atoms with Crippen LogP contribution in [0.2, 0.25) is 5.02 Å². The summed E-state index contributed by atoms with van der Waals surface area (Å²) in [4.78, 5) is 0. The molecule has 0 fully saturated rings. The highest BCUT2D eigenvalue weighted by Crippen LogP contribution is 2.19. The number of rotatable bonds is 5. The monoisotopic (exact) mass is 228 g/mol. The van der Waals surface area contributed by atoms with Gasteiger partial charge < -0.3 is 5.11 Å². The Hall–Kier alpha value is -0.860. The molecule has 1 aromatic rings. The highest BCUT2D eigenvalue weighted by Gasteiger charge is 2.10. The second-order valence-electron chi connectivity index (χ2n) is 3.44. The zero-order valence-electron chi connectivity index (χ0n) is 8.42. The number of benzene rings is 1. The molecule has 1 unspecified atom stereocenters. The Morgan fingerprint density at radius 2 is 2.27 bits per heavy atom. The molecule has 0 spiro atoms. The Balaban J connectivity index is 2.63. The largest absolute Gasteiger partial charge is 0.393 e. The van der Waals surface area contributed by atoms with Crippen molar-refractivity contribution in [1.29, 1.82) is 0 Å². The van der Waals surface area contributed by atoms with Crippen LogP contribution in [0.15, 0.2) is 30.9 Å². The standard InChI is InChI=1S/C12H14ClFO/c1-2-3-6-10(15)8-9-5-4-7-11(13)12(9)14/h2,4-5,7,10,15H,1,3,6,8H2. The van der Waals surface area contributed by atoms with Gasteiger partial charge in [-0.25, -0.2) is 4.39 Å². The first kappa shape index (κ1) is 12.2. The summed E-state index contributed by atoms with van der Waals surface area (Å²) in [6.07, 6.45) is 2.80. The third kappa shape index (κ3) is 3.65. The van der Waals surface area contributed by atoms with Crippen molar-refractivity contribution in [1.82, 2.24) is 0 Å². The number of hydrogen-bond donors (Lipinski definition) is 1. The molecule has 0 bridgehead atoms. The van der Waals surface area contributed by atoms with Crippen LogP contribution in [0.25, 0.3) is 0 Å². The van der Waals surface area contributed by atoms with Gasteiger partial charge in [0, 0.05) is 6.42 Å². The second kappa shape index (κ2) is 5.89. The Labute approximate surface area is 94.2 Å². The van der Waals surface area contributed by atoms with Crippen LogP contribution < -0.4 is 0 Å². The lowest BCUT2D eigenvalue weighted by Gasteiger charge is -2.10. The summed E-state index contributed by atoms with van der Waals surface area (Å²) < 4.78 is 13.4. The summed E-state index contributed by atoms with van der Waals surface area (Å²) in [5.41, 5.74) is 0.457. The van der Waals surface area contributed by atoms with Crippen LogP contribution in [0.1, 0.15) is 18.4 Å². The average molecular weight is 229 g/mol. The first-order chi connectivity index (χ1) is 7.15. The van der Waals surface area contributed by atoms with E-state index < -0.39 is 11.9 Å². The second-order valence-corrected chi connectivity index (χ2v) is 3.84. The van der Waals surface area contributed by atoms with Gasteiger partial charge in [-0.3, -0.25) is 0 Å². The van der Waals surface area contributed by atoms with Crippen LogP contribution in [0.5, 0.6) is 0 Å². The van der Waals surface area contributed by atoms with Gasteiger partial charge in [-0.05, 0) is 24.5 Å². The van der Waals surface area contributed by atoms with Crippen LogP contribution in [0, 0.1) is 5.82 Å². The molecule has 1 aromatic carbocycles. The zero-order valence-corrected chi connectivity index (χ0v) is 9.17. The molecule has 0 saturated carbocycles. The summed E-state index contributed by atoms with van der Waals surface area (Å²) in [5, 5.41) is 9.69. The molecule has 1 rings (SSSR count). The molecule has 0 aliphatic carbocycles. The molecule has 82 valence electrons. The molecule has 1 atom stereocenters. The van der Waals surface area contributed by atoms with Gasteiger partial charge in [0.05, 0.1) is 11.1 Å². The molecule has 0 aliphatic rings. The lowest BCUT2D eigenvalue weighted by atomic mass is 10.0. The minimum absolute atomic E-state index is 0.100. The molecular formula is C12H14ClFO. The maximum Gasteiger partial charge on any atom is 0.145 e. The van der Waals surface area contributed by atoms with E-state index in [-0.39, 0.29) is 5.02 Å². The van der Waals surface area contributed by atoms with Crippen molar-refractivity contribution in [2.75, 3.05) is 0 Å². The first-order valence-corrected chi connectivity index (χ1v) is 5.24. The first-order valence-electron chi connectivity index (χ1n) is 4.87. The number of allylic oxidation sites excluding steroid dienone is 1. The van der Waals surface area contributed by atoms with Crippen molar-refractivity contribution in [3.63, 3.8) is 0 Å². The van der Waals surface area contributed by atoms with Crippen molar-refractivity contribution in [2.45, 2.75) is 25.4 Å². The Morgan fingerprint density at radius 1 is 1.53 bits per heavy atom. The molecule has 0 amide bonds. The maximum atomic E-state index is 13.4. The Morgan fingerprint density at radius 3 is 2.93 bits per heavy atom. The molecule has 1 N–H and O–H groups in total. The number of hydrogen-bond acceptors (Lipinski definition) is 1. The molecule has 0 radical (unpaired) electrons. The predicted octanol–water partition coefficient (Wildman–Crippen LogP) is 3.35. The highest BCUT2D eigenvalue weighted by atomic mass is 35.5. The normalized spacial score (nSPS) is 12.5. The third-order valence-corrected chi connectivity index (χ3v) is 2.48. The van der Waals surface area contributed by atoms with Gasteiger partial charge in [-0.15, -0.1) is 6.58 Å². The molecule has 1 nitrogen and oxygen atoms in total. The molecule has 0 aromatic heterocycles. The zero-order chi connectivity index (χ0) is 11.3. The van der Waals surface area contributed by atoms with E-state index in [1.54, 1.807) is 18.2 Å². The SMILES string of the molecule is C=CCCC(O)Cc1cccc(Cl)c1F. The third-order valence-electron chi connectivity index (χ3n) is 2.19. The van der Waals surface area contributed by atoms with Crippen molar-refractivity contribution < 1.29 is 9.50 Å². The lowest BCUT2D eigenvalue weighted by Crippen LogP contribution is -2.11. The van der Waals surface area contributed by atoms with E-state index >= 15 is 0 Å². The topological polar surface area (TPSA) is 20.2 Å². The van der Waals surface area contributed by atoms with E-state index in [4.69, 9.17) is 11.6 Å². The van der Waals surface area contributed by atoms with Gasteiger partial charge in [-0.1, -0.05) is 29.8 Å². The quantitative estimate of drug-likeness (QED) is 0.767. The fourth-order valence-electron chi connectivity index (χ4n) is 1.37. The molecule has 0 aliphatic heterocycles. The minimum atomic E-state index is -0.545. The van der Waals surface area contributed by atoms with Gasteiger partial charge in [0.25, 0.3) is 0 Å². The van der Waals surface area contributed by atoms with Crippen LogP contribution in [-0.2, 0) is 6.42 Å². The van der Waals surface area contributed by atoms with Gasteiger partial charge in [0.15, 0.2) is 0 Å². The van der Waals surface area contributed by atoms with Crippen LogP contribution in [0.3, 0.4) is 0 Å². The average Bonchev–Trinajstić information content (AvgIpc) is 2.22. The smallest absolute Gasteiger partial charge is 0.145 e. The number of halogens is 2. The molecular weight excluding hydrogens is 215 g/mol. The van der Waals surface area contributed by atoms with E-state index in [0.717, 1.165) is 6.42 Å². The van der Waals surface area contributed by atoms with Crippen LogP contribution in [-0.4, -0.2) is 11.2 Å². The fourth-order valence-corrected chi connectivity index (χ4v) is 1.57. The fraction of sp³-hybridized carbons (Fsp3) is 0.333. The molecule has 0 heterocycles. The summed E-state index contributed by atoms with van der Waals surface area (Å²) in [7, 11) is 0. The Bertz CT molecular complexity index is 338. The van der Waals surface area contributed by atoms with E-state index in [1.165, 1.54) is 6.07 Å². The van der Waals surface area contributed by atoms with E-state index in [9.17, 15) is 9.50 Å². The van der Waals surface area contributed by atoms with Crippen LogP contribution >= 0.6 is 11.6 Å². The summed E-state index contributed by atoms with van der Waals surface area (Å²) in [6, 6.07) is 4.82. The highest BCUT2D eigenvalue weighted by molar-refractivity contribution is 6.30. The molecule has 15 heavy (non-hydrogen) atoms. The van der Waals surface area contributed by atoms with E-state index in [1.807, 2.05) is 0 Å². The van der Waals surface area contributed by atoms with Gasteiger partial charge in [0.2, 0.25) is 0 Å². The molecule has 3 heteroatoms.